The number of hydrogen-bond donors (Lipinski definition) is 0. The van der Waals surface area contributed by atoms with Gasteiger partial charge in [-0.05, 0) is 32.0 Å². The molecule has 0 bridgehead atoms. The number of benzene rings is 1. The predicted molar refractivity (Wildman–Crippen MR) is 74.5 cm³/mol. The van der Waals surface area contributed by atoms with E-state index in [4.69, 9.17) is 9.26 Å². The van der Waals surface area contributed by atoms with Crippen LogP contribution in [0.4, 0.5) is 4.39 Å². The summed E-state index contributed by atoms with van der Waals surface area (Å²) in [6, 6.07) is 6.14. The van der Waals surface area contributed by atoms with Crippen molar-refractivity contribution in [2.75, 3.05) is 20.2 Å². The van der Waals surface area contributed by atoms with Gasteiger partial charge in [0.1, 0.15) is 18.2 Å². The zero-order valence-electron chi connectivity index (χ0n) is 12.0. The monoisotopic (exact) mass is 291 g/mol. The molecule has 1 aromatic carbocycles. The van der Waals surface area contributed by atoms with Gasteiger partial charge in [0.25, 0.3) is 0 Å². The lowest BCUT2D eigenvalue weighted by Gasteiger charge is -2.14. The summed E-state index contributed by atoms with van der Waals surface area (Å²) in [5, 5.41) is 3.98. The molecule has 1 fully saturated rings. The standard InChI is InChI=1S/C15H18FN3O2/c1-19(7-8-20-13-4-2-3-12(16)9-13)10-14-17-15(18-21-14)11-5-6-11/h2-4,9,11H,5-8,10H2,1H3. The second kappa shape index (κ2) is 6.22. The average Bonchev–Trinajstić information content (AvgIpc) is 3.20. The summed E-state index contributed by atoms with van der Waals surface area (Å²) in [5.74, 6) is 2.21. The highest BCUT2D eigenvalue weighted by atomic mass is 19.1. The number of aromatic nitrogens is 2. The van der Waals surface area contributed by atoms with Crippen molar-refractivity contribution in [2.24, 2.45) is 0 Å². The number of nitrogens with zero attached hydrogens (tertiary/aromatic N) is 3. The van der Waals surface area contributed by atoms with Crippen molar-refractivity contribution >= 4 is 0 Å². The Morgan fingerprint density at radius 2 is 2.29 bits per heavy atom. The van der Waals surface area contributed by atoms with Gasteiger partial charge in [-0.1, -0.05) is 11.2 Å². The van der Waals surface area contributed by atoms with Crippen molar-refractivity contribution in [1.29, 1.82) is 0 Å². The molecule has 0 saturated heterocycles. The maximum absolute atomic E-state index is 13.0. The van der Waals surface area contributed by atoms with E-state index >= 15 is 0 Å². The highest BCUT2D eigenvalue weighted by molar-refractivity contribution is 5.22. The van der Waals surface area contributed by atoms with Gasteiger partial charge < -0.3 is 9.26 Å². The van der Waals surface area contributed by atoms with Crippen molar-refractivity contribution in [2.45, 2.75) is 25.3 Å². The van der Waals surface area contributed by atoms with Crippen LogP contribution in [0.1, 0.15) is 30.5 Å². The summed E-state index contributed by atoms with van der Waals surface area (Å²) in [6.45, 7) is 1.76. The molecule has 0 atom stereocenters. The third kappa shape index (κ3) is 4.01. The van der Waals surface area contributed by atoms with Crippen LogP contribution < -0.4 is 4.74 Å². The lowest BCUT2D eigenvalue weighted by Crippen LogP contribution is -2.24. The van der Waals surface area contributed by atoms with Gasteiger partial charge in [0.2, 0.25) is 5.89 Å². The second-order valence-corrected chi connectivity index (χ2v) is 5.36. The molecule has 5 nitrogen and oxygen atoms in total. The van der Waals surface area contributed by atoms with Gasteiger partial charge in [0.05, 0.1) is 6.54 Å². The molecule has 1 saturated carbocycles. The molecule has 6 heteroatoms. The fourth-order valence-corrected chi connectivity index (χ4v) is 2.03. The maximum atomic E-state index is 13.0. The molecule has 1 heterocycles. The minimum atomic E-state index is -0.292. The minimum absolute atomic E-state index is 0.292. The lowest BCUT2D eigenvalue weighted by molar-refractivity contribution is 0.212. The number of ether oxygens (including phenoxy) is 1. The Morgan fingerprint density at radius 3 is 3.05 bits per heavy atom. The minimum Gasteiger partial charge on any atom is -0.492 e. The molecule has 112 valence electrons. The SMILES string of the molecule is CN(CCOc1cccc(F)c1)Cc1nc(C2CC2)no1. The zero-order valence-corrected chi connectivity index (χ0v) is 12.0. The molecule has 1 aliphatic rings. The molecule has 0 N–H and O–H groups in total. The summed E-state index contributed by atoms with van der Waals surface area (Å²) in [4.78, 5) is 6.41. The van der Waals surface area contributed by atoms with E-state index in [1.165, 1.54) is 12.1 Å². The van der Waals surface area contributed by atoms with E-state index in [-0.39, 0.29) is 5.82 Å². The summed E-state index contributed by atoms with van der Waals surface area (Å²) >= 11 is 0. The van der Waals surface area contributed by atoms with E-state index in [0.717, 1.165) is 18.7 Å². The molecule has 3 rings (SSSR count). The van der Waals surface area contributed by atoms with Gasteiger partial charge in [0.15, 0.2) is 5.82 Å². The quantitative estimate of drug-likeness (QED) is 0.785. The van der Waals surface area contributed by atoms with E-state index in [2.05, 4.69) is 10.1 Å². The Morgan fingerprint density at radius 1 is 1.43 bits per heavy atom. The highest BCUT2D eigenvalue weighted by Gasteiger charge is 2.28. The van der Waals surface area contributed by atoms with Gasteiger partial charge in [0, 0.05) is 18.5 Å². The Hall–Kier alpha value is -1.95. The molecule has 0 aliphatic heterocycles. The van der Waals surface area contributed by atoms with Crippen LogP contribution in [0.5, 0.6) is 5.75 Å². The maximum Gasteiger partial charge on any atom is 0.240 e. The molecule has 1 aromatic heterocycles. The first-order valence-electron chi connectivity index (χ1n) is 7.10. The van der Waals surface area contributed by atoms with Crippen LogP contribution in [-0.2, 0) is 6.54 Å². The van der Waals surface area contributed by atoms with E-state index in [1.54, 1.807) is 12.1 Å². The van der Waals surface area contributed by atoms with Crippen LogP contribution in [0.3, 0.4) is 0 Å². The summed E-state index contributed by atoms with van der Waals surface area (Å²) in [6.07, 6.45) is 2.33. The zero-order chi connectivity index (χ0) is 14.7. The molecule has 2 aromatic rings. The van der Waals surface area contributed by atoms with Gasteiger partial charge in [-0.3, -0.25) is 4.90 Å². The Balaban J connectivity index is 1.42. The van der Waals surface area contributed by atoms with E-state index in [1.807, 2.05) is 11.9 Å². The highest BCUT2D eigenvalue weighted by Crippen LogP contribution is 2.38. The number of hydrogen-bond acceptors (Lipinski definition) is 5. The van der Waals surface area contributed by atoms with E-state index in [9.17, 15) is 4.39 Å². The fourth-order valence-electron chi connectivity index (χ4n) is 2.03. The third-order valence-corrected chi connectivity index (χ3v) is 3.37. The van der Waals surface area contributed by atoms with Gasteiger partial charge in [-0.2, -0.15) is 4.98 Å². The Kier molecular flexibility index (Phi) is 4.15. The first-order valence-corrected chi connectivity index (χ1v) is 7.10. The van der Waals surface area contributed by atoms with Crippen LogP contribution in [-0.4, -0.2) is 35.2 Å². The van der Waals surface area contributed by atoms with Crippen LogP contribution >= 0.6 is 0 Å². The molecule has 0 spiro atoms. The Labute approximate surface area is 122 Å². The van der Waals surface area contributed by atoms with Crippen LogP contribution in [0, 0.1) is 5.82 Å². The molecule has 21 heavy (non-hydrogen) atoms. The lowest BCUT2D eigenvalue weighted by atomic mass is 10.3. The fraction of sp³-hybridized carbons (Fsp3) is 0.467. The molecule has 0 unspecified atom stereocenters. The van der Waals surface area contributed by atoms with Crippen molar-refractivity contribution < 1.29 is 13.7 Å². The van der Waals surface area contributed by atoms with Crippen molar-refractivity contribution in [3.05, 3.63) is 41.8 Å². The second-order valence-electron chi connectivity index (χ2n) is 5.36. The summed E-state index contributed by atoms with van der Waals surface area (Å²) < 4.78 is 23.7. The van der Waals surface area contributed by atoms with E-state index in [0.29, 0.717) is 37.3 Å². The van der Waals surface area contributed by atoms with E-state index < -0.39 is 0 Å². The Bertz CT molecular complexity index is 598. The molecule has 0 radical (unpaired) electrons. The van der Waals surface area contributed by atoms with Gasteiger partial charge in [-0.15, -0.1) is 0 Å². The summed E-state index contributed by atoms with van der Waals surface area (Å²) in [5.41, 5.74) is 0. The summed E-state index contributed by atoms with van der Waals surface area (Å²) in [7, 11) is 1.95. The number of halogens is 1. The van der Waals surface area contributed by atoms with Crippen LogP contribution in [0.25, 0.3) is 0 Å². The first kappa shape index (κ1) is 14.0. The molecule has 1 aliphatic carbocycles. The predicted octanol–water partition coefficient (Wildman–Crippen LogP) is 2.60. The van der Waals surface area contributed by atoms with Crippen LogP contribution in [0.2, 0.25) is 0 Å². The van der Waals surface area contributed by atoms with Crippen LogP contribution in [0.15, 0.2) is 28.8 Å². The van der Waals surface area contributed by atoms with Crippen molar-refractivity contribution in [1.82, 2.24) is 15.0 Å². The third-order valence-electron chi connectivity index (χ3n) is 3.37. The first-order chi connectivity index (χ1) is 10.2. The largest absolute Gasteiger partial charge is 0.492 e. The smallest absolute Gasteiger partial charge is 0.240 e. The number of rotatable bonds is 7. The van der Waals surface area contributed by atoms with Gasteiger partial charge in [-0.25, -0.2) is 4.39 Å². The molecule has 0 amide bonds. The average molecular weight is 291 g/mol. The van der Waals surface area contributed by atoms with Gasteiger partial charge >= 0.3 is 0 Å². The molecular weight excluding hydrogens is 273 g/mol. The van der Waals surface area contributed by atoms with Crippen molar-refractivity contribution in [3.8, 4) is 5.75 Å². The van der Waals surface area contributed by atoms with Crippen molar-refractivity contribution in [3.63, 3.8) is 0 Å². The molecular formula is C15H18FN3O2. The normalized spacial score (nSPS) is 14.6. The number of likely N-dealkylation sites (N-methyl/N-ethyl adjacent to an activating group) is 1. The topological polar surface area (TPSA) is 51.4 Å².